The summed E-state index contributed by atoms with van der Waals surface area (Å²) in [7, 11) is 7.90. The summed E-state index contributed by atoms with van der Waals surface area (Å²) < 4.78 is 5.88. The summed E-state index contributed by atoms with van der Waals surface area (Å²) in [5.74, 6) is 4.16. The number of carbonyl (C=O) groups excluding carboxylic acids is 2. The molecule has 65 heavy (non-hydrogen) atoms. The third-order valence-corrected chi connectivity index (χ3v) is 10.9. The van der Waals surface area contributed by atoms with Gasteiger partial charge in [-0.3, -0.25) is 19.6 Å². The highest BCUT2D eigenvalue weighted by molar-refractivity contribution is 6.30. The van der Waals surface area contributed by atoms with Crippen molar-refractivity contribution >= 4 is 34.8 Å². The van der Waals surface area contributed by atoms with E-state index in [1.54, 1.807) is 24.5 Å². The maximum Gasteiger partial charge on any atom is 0.180 e. The van der Waals surface area contributed by atoms with Gasteiger partial charge in [0.2, 0.25) is 0 Å². The zero-order chi connectivity index (χ0) is 47.9. The van der Waals surface area contributed by atoms with E-state index in [4.69, 9.17) is 41.4 Å². The second-order valence-electron chi connectivity index (χ2n) is 19.8. The highest BCUT2D eigenvalue weighted by Crippen LogP contribution is 2.34. The summed E-state index contributed by atoms with van der Waals surface area (Å²) >= 11 is 6.12. The average molecular weight is 916 g/mol. The molecule has 0 unspecified atom stereocenters. The van der Waals surface area contributed by atoms with Crippen LogP contribution in [0.2, 0.25) is 5.02 Å². The fourth-order valence-electron chi connectivity index (χ4n) is 7.67. The van der Waals surface area contributed by atoms with Crippen LogP contribution in [0.5, 0.6) is 5.75 Å². The van der Waals surface area contributed by atoms with Gasteiger partial charge in [-0.15, -0.1) is 0 Å². The van der Waals surface area contributed by atoms with E-state index in [1.807, 2.05) is 45.2 Å². The van der Waals surface area contributed by atoms with Gasteiger partial charge in [0.1, 0.15) is 35.4 Å². The Kier molecular flexibility index (Phi) is 20.2. The zero-order valence-corrected chi connectivity index (χ0v) is 42.1. The summed E-state index contributed by atoms with van der Waals surface area (Å²) in [6.07, 6.45) is 10.4. The third kappa shape index (κ3) is 17.3. The van der Waals surface area contributed by atoms with Crippen molar-refractivity contribution in [2.24, 2.45) is 10.8 Å². The predicted octanol–water partition coefficient (Wildman–Crippen LogP) is 7.85. The number of hydrogen-bond acceptors (Lipinski definition) is 14. The molecule has 6 rings (SSSR count). The molecule has 0 aliphatic heterocycles. The molecule has 0 saturated carbocycles. The molecule has 0 radical (unpaired) electrons. The van der Waals surface area contributed by atoms with Crippen molar-refractivity contribution in [2.75, 3.05) is 90.5 Å². The molecule has 0 amide bonds. The minimum atomic E-state index is -0.0216. The monoisotopic (exact) mass is 915 g/mol. The number of anilines is 2. The van der Waals surface area contributed by atoms with Crippen molar-refractivity contribution in [1.82, 2.24) is 39.7 Å². The minimum Gasteiger partial charge on any atom is -0.492 e. The van der Waals surface area contributed by atoms with Crippen LogP contribution in [0.25, 0.3) is 23.0 Å². The van der Waals surface area contributed by atoms with Crippen LogP contribution in [0, 0.1) is 10.8 Å². The van der Waals surface area contributed by atoms with Gasteiger partial charge < -0.3 is 29.4 Å². The molecule has 0 aromatic carbocycles. The SMILES string of the molecule is CCN(CC(=O)CC(C)(C)C)c1nc(-c2cc(Cl)ccn2)nc2c1CCC2.CCN(CC(=O)CC(C)(C)C)c1nc(-c2cc(OCCN(C)C)ccn2)nc2c1CCC2.CN(C)CCO. The summed E-state index contributed by atoms with van der Waals surface area (Å²) in [5, 5.41) is 8.80. The van der Waals surface area contributed by atoms with Crippen molar-refractivity contribution in [2.45, 2.75) is 107 Å². The lowest BCUT2D eigenvalue weighted by Crippen LogP contribution is -2.33. The van der Waals surface area contributed by atoms with E-state index in [-0.39, 0.29) is 29.0 Å². The molecule has 4 aromatic heterocycles. The van der Waals surface area contributed by atoms with E-state index in [9.17, 15) is 9.59 Å². The first-order valence-electron chi connectivity index (χ1n) is 23.1. The molecule has 0 spiro atoms. The van der Waals surface area contributed by atoms with Crippen LogP contribution < -0.4 is 14.5 Å². The number of rotatable bonds is 18. The number of hydrogen-bond donors (Lipinski definition) is 1. The number of nitrogens with zero attached hydrogens (tertiary/aromatic N) is 10. The maximum atomic E-state index is 12.7. The van der Waals surface area contributed by atoms with Crippen LogP contribution in [0.4, 0.5) is 11.6 Å². The Balaban J connectivity index is 0.000000255. The number of aliphatic hydroxyl groups is 1. The van der Waals surface area contributed by atoms with Gasteiger partial charge in [-0.05, 0) is 110 Å². The molecule has 1 N–H and O–H groups in total. The first-order chi connectivity index (χ1) is 30.7. The van der Waals surface area contributed by atoms with E-state index in [1.165, 1.54) is 11.1 Å². The first kappa shape index (κ1) is 53.0. The number of likely N-dealkylation sites (N-methyl/N-ethyl adjacent to an activating group) is 4. The smallest absolute Gasteiger partial charge is 0.180 e. The number of aliphatic hydroxyl groups excluding tert-OH is 1. The number of halogens is 1. The molecule has 2 aliphatic rings. The summed E-state index contributed by atoms with van der Waals surface area (Å²) in [5.41, 5.74) is 5.82. The van der Waals surface area contributed by atoms with E-state index in [2.05, 4.69) is 80.1 Å². The lowest BCUT2D eigenvalue weighted by molar-refractivity contribution is -0.120. The Labute approximate surface area is 393 Å². The maximum absolute atomic E-state index is 12.7. The number of Topliss-reactive ketones (excluding diaryl/α,β-unsaturated/α-hetero) is 2. The van der Waals surface area contributed by atoms with E-state index >= 15 is 0 Å². The number of pyridine rings is 2. The molecule has 14 nitrogen and oxygen atoms in total. The molecular formula is C50H75ClN10O4. The lowest BCUT2D eigenvalue weighted by atomic mass is 9.90. The van der Waals surface area contributed by atoms with Gasteiger partial charge in [-0.1, -0.05) is 53.1 Å². The lowest BCUT2D eigenvalue weighted by Gasteiger charge is -2.26. The molecule has 356 valence electrons. The summed E-state index contributed by atoms with van der Waals surface area (Å²) in [6, 6.07) is 7.28. The second kappa shape index (κ2) is 24.8. The van der Waals surface area contributed by atoms with Crippen LogP contribution in [-0.4, -0.2) is 137 Å². The molecule has 0 saturated heterocycles. The Morgan fingerprint density at radius 3 is 1.54 bits per heavy atom. The van der Waals surface area contributed by atoms with Gasteiger partial charge in [-0.2, -0.15) is 0 Å². The fourth-order valence-corrected chi connectivity index (χ4v) is 7.83. The van der Waals surface area contributed by atoms with Crippen LogP contribution in [-0.2, 0) is 35.3 Å². The number of ketones is 2. The van der Waals surface area contributed by atoms with Gasteiger partial charge in [0, 0.05) is 85.0 Å². The van der Waals surface area contributed by atoms with E-state index < -0.39 is 0 Å². The van der Waals surface area contributed by atoms with Gasteiger partial charge in [0.05, 0.1) is 19.7 Å². The molecule has 0 atom stereocenters. The van der Waals surface area contributed by atoms with Crippen LogP contribution in [0.15, 0.2) is 36.7 Å². The Morgan fingerprint density at radius 1 is 0.677 bits per heavy atom. The number of ether oxygens (including phenoxy) is 1. The molecule has 0 fully saturated rings. The Bertz CT molecular complexity index is 2170. The number of aryl methyl sites for hydroxylation is 2. The summed E-state index contributed by atoms with van der Waals surface area (Å²) in [6.45, 7) is 21.4. The molecular weight excluding hydrogens is 840 g/mol. The van der Waals surface area contributed by atoms with Crippen molar-refractivity contribution in [3.63, 3.8) is 0 Å². The highest BCUT2D eigenvalue weighted by Gasteiger charge is 2.27. The van der Waals surface area contributed by atoms with Crippen molar-refractivity contribution < 1.29 is 19.4 Å². The minimum absolute atomic E-state index is 0.0139. The topological polar surface area (TPSA) is 154 Å². The van der Waals surface area contributed by atoms with Gasteiger partial charge >= 0.3 is 0 Å². The zero-order valence-electron chi connectivity index (χ0n) is 41.3. The van der Waals surface area contributed by atoms with Crippen molar-refractivity contribution in [3.05, 3.63) is 64.2 Å². The quantitative estimate of drug-likeness (QED) is 0.103. The largest absolute Gasteiger partial charge is 0.492 e. The molecule has 4 heterocycles. The van der Waals surface area contributed by atoms with Gasteiger partial charge in [0.15, 0.2) is 23.2 Å². The number of carbonyl (C=O) groups is 2. The summed E-state index contributed by atoms with van der Waals surface area (Å²) in [4.78, 5) is 61.7. The van der Waals surface area contributed by atoms with Gasteiger partial charge in [-0.25, -0.2) is 19.9 Å². The number of fused-ring (bicyclic) bond motifs is 2. The molecule has 15 heteroatoms. The van der Waals surface area contributed by atoms with Crippen molar-refractivity contribution in [3.8, 4) is 28.8 Å². The van der Waals surface area contributed by atoms with Crippen LogP contribution in [0.1, 0.15) is 104 Å². The molecule has 0 bridgehead atoms. The Hall–Kier alpha value is -4.63. The van der Waals surface area contributed by atoms with Crippen LogP contribution >= 0.6 is 11.6 Å². The standard InChI is InChI=1S/C25H37N5O2.C21H27ClN4O.C4H11NO/c1-7-30(17-18(31)16-25(2,3)4)24-20-9-8-10-21(20)27-23(28-24)22-15-19(11-12-26-22)32-14-13-29(5)6;1-5-26(13-15(27)12-21(2,3)4)20-16-7-6-8-17(16)24-19(25-20)18-11-14(22)9-10-23-18;1-5(2)3-4-6/h11-12,15H,7-10,13-14,16-17H2,1-6H3;9-11H,5-8,12-13H2,1-4H3;6H,3-4H2,1-2H3. The second-order valence-corrected chi connectivity index (χ2v) is 20.2. The Morgan fingerprint density at radius 2 is 1.14 bits per heavy atom. The molecule has 2 aliphatic carbocycles. The predicted molar refractivity (Wildman–Crippen MR) is 263 cm³/mol. The van der Waals surface area contributed by atoms with Crippen molar-refractivity contribution in [1.29, 1.82) is 0 Å². The third-order valence-electron chi connectivity index (χ3n) is 10.6. The molecule has 4 aromatic rings. The fraction of sp³-hybridized carbons (Fsp3) is 0.600. The number of aromatic nitrogens is 6. The highest BCUT2D eigenvalue weighted by atomic mass is 35.5. The first-order valence-corrected chi connectivity index (χ1v) is 23.5. The average Bonchev–Trinajstić information content (AvgIpc) is 3.91. The van der Waals surface area contributed by atoms with E-state index in [0.717, 1.165) is 93.5 Å². The van der Waals surface area contributed by atoms with Gasteiger partial charge in [0.25, 0.3) is 0 Å². The van der Waals surface area contributed by atoms with Crippen LogP contribution in [0.3, 0.4) is 0 Å². The normalized spacial score (nSPS) is 13.1. The van der Waals surface area contributed by atoms with E-state index in [0.29, 0.717) is 60.6 Å².